The van der Waals surface area contributed by atoms with E-state index in [0.29, 0.717) is 19.6 Å². The van der Waals surface area contributed by atoms with Crippen LogP contribution in [0.15, 0.2) is 24.3 Å². The summed E-state index contributed by atoms with van der Waals surface area (Å²) in [4.78, 5) is 13.8. The summed E-state index contributed by atoms with van der Waals surface area (Å²) in [5.41, 5.74) is 1.70. The molecule has 2 rings (SSSR count). The second-order valence-corrected chi connectivity index (χ2v) is 6.50. The molecule has 1 unspecified atom stereocenters. The van der Waals surface area contributed by atoms with E-state index >= 15 is 0 Å². The molecule has 1 aliphatic heterocycles. The lowest BCUT2D eigenvalue weighted by Crippen LogP contribution is -2.46. The molecule has 1 aromatic carbocycles. The number of hydrogen-bond donors (Lipinski definition) is 0. The van der Waals surface area contributed by atoms with Gasteiger partial charge in [-0.15, -0.1) is 0 Å². The fraction of sp³-hybridized carbons (Fsp3) is 0.556. The minimum atomic E-state index is -0.515. The maximum absolute atomic E-state index is 11.5. The number of rotatable bonds is 5. The Hall–Kier alpha value is -1.70. The number of ether oxygens (including phenoxy) is 1. The first-order valence-electron chi connectivity index (χ1n) is 7.75. The number of Topliss-reactive ketones (excluding diaryl/α,β-unsaturated/α-hetero) is 1. The van der Waals surface area contributed by atoms with Gasteiger partial charge in [0, 0.05) is 25.6 Å². The third-order valence-electron chi connectivity index (χ3n) is 4.22. The van der Waals surface area contributed by atoms with Crippen LogP contribution in [-0.4, -0.2) is 36.5 Å². The topological polar surface area (TPSA) is 53.3 Å². The molecule has 1 saturated heterocycles. The molecular weight excluding hydrogens is 276 g/mol. The van der Waals surface area contributed by atoms with Gasteiger partial charge in [-0.25, -0.2) is 0 Å². The quantitative estimate of drug-likeness (QED) is 0.839. The van der Waals surface area contributed by atoms with Gasteiger partial charge < -0.3 is 4.74 Å². The van der Waals surface area contributed by atoms with E-state index in [1.54, 1.807) is 6.92 Å². The molecule has 0 saturated carbocycles. The first kappa shape index (κ1) is 16.7. The summed E-state index contributed by atoms with van der Waals surface area (Å²) in [5, 5.41) is 9.42. The Morgan fingerprint density at radius 1 is 1.45 bits per heavy atom. The molecule has 118 valence electrons. The second kappa shape index (κ2) is 7.04. The van der Waals surface area contributed by atoms with Crippen molar-refractivity contribution in [1.82, 2.24) is 4.90 Å². The van der Waals surface area contributed by atoms with Crippen LogP contribution in [0.5, 0.6) is 0 Å². The van der Waals surface area contributed by atoms with Crippen molar-refractivity contribution in [2.75, 3.05) is 19.8 Å². The smallest absolute Gasteiger partial charge is 0.131 e. The molecule has 0 spiro atoms. The molecule has 1 aromatic rings. The predicted molar refractivity (Wildman–Crippen MR) is 85.4 cm³/mol. The third kappa shape index (κ3) is 3.94. The van der Waals surface area contributed by atoms with E-state index in [1.807, 2.05) is 32.0 Å². The van der Waals surface area contributed by atoms with E-state index in [0.717, 1.165) is 24.2 Å². The van der Waals surface area contributed by atoms with Gasteiger partial charge in [0.25, 0.3) is 0 Å². The lowest BCUT2D eigenvalue weighted by atomic mass is 9.83. The lowest BCUT2D eigenvalue weighted by molar-refractivity contribution is -0.120. The summed E-state index contributed by atoms with van der Waals surface area (Å²) in [6, 6.07) is 10.6. The average molecular weight is 300 g/mol. The average Bonchev–Trinajstić information content (AvgIpc) is 2.49. The van der Waals surface area contributed by atoms with Crippen LogP contribution in [0.1, 0.15) is 38.3 Å². The Bertz CT molecular complexity index is 575. The van der Waals surface area contributed by atoms with E-state index in [1.165, 1.54) is 0 Å². The van der Waals surface area contributed by atoms with Gasteiger partial charge in [0.15, 0.2) is 0 Å². The second-order valence-electron chi connectivity index (χ2n) is 6.50. The number of ketones is 1. The predicted octanol–water partition coefficient (Wildman–Crippen LogP) is 2.67. The van der Waals surface area contributed by atoms with Crippen LogP contribution in [0, 0.1) is 11.3 Å². The number of morpholine rings is 1. The molecule has 4 nitrogen and oxygen atoms in total. The van der Waals surface area contributed by atoms with Crippen molar-refractivity contribution in [3.63, 3.8) is 0 Å². The van der Waals surface area contributed by atoms with Crippen molar-refractivity contribution in [2.24, 2.45) is 0 Å². The molecule has 1 aliphatic rings. The zero-order valence-electron chi connectivity index (χ0n) is 13.6. The van der Waals surface area contributed by atoms with Gasteiger partial charge in [0.1, 0.15) is 5.78 Å². The Morgan fingerprint density at radius 2 is 2.18 bits per heavy atom. The van der Waals surface area contributed by atoms with Crippen molar-refractivity contribution < 1.29 is 9.53 Å². The number of carbonyl (C=O) groups is 1. The maximum atomic E-state index is 11.5. The van der Waals surface area contributed by atoms with E-state index in [9.17, 15) is 10.1 Å². The van der Waals surface area contributed by atoms with E-state index < -0.39 is 5.41 Å². The highest BCUT2D eigenvalue weighted by Gasteiger charge is 2.27. The molecule has 0 aromatic heterocycles. The highest BCUT2D eigenvalue weighted by Crippen LogP contribution is 2.27. The van der Waals surface area contributed by atoms with Crippen molar-refractivity contribution in [3.05, 3.63) is 35.4 Å². The van der Waals surface area contributed by atoms with Gasteiger partial charge in [0.05, 0.1) is 24.7 Å². The summed E-state index contributed by atoms with van der Waals surface area (Å²) >= 11 is 0. The number of hydrogen-bond acceptors (Lipinski definition) is 4. The van der Waals surface area contributed by atoms with Crippen LogP contribution in [0.3, 0.4) is 0 Å². The van der Waals surface area contributed by atoms with Gasteiger partial charge >= 0.3 is 0 Å². The minimum Gasteiger partial charge on any atom is -0.378 e. The highest BCUT2D eigenvalue weighted by atomic mass is 16.5. The van der Waals surface area contributed by atoms with Crippen LogP contribution in [0.25, 0.3) is 0 Å². The molecular formula is C18H24N2O2. The number of nitrogens with zero attached hydrogens (tertiary/aromatic N) is 2. The molecule has 4 heteroatoms. The zero-order valence-corrected chi connectivity index (χ0v) is 13.6. The summed E-state index contributed by atoms with van der Waals surface area (Å²) in [5.74, 6) is 0.186. The first-order chi connectivity index (χ1) is 10.4. The largest absolute Gasteiger partial charge is 0.378 e. The van der Waals surface area contributed by atoms with E-state index in [4.69, 9.17) is 4.74 Å². The summed E-state index contributed by atoms with van der Waals surface area (Å²) in [6.45, 7) is 8.37. The summed E-state index contributed by atoms with van der Waals surface area (Å²) in [6.07, 6.45) is 0.518. The van der Waals surface area contributed by atoms with Crippen molar-refractivity contribution in [2.45, 2.75) is 45.2 Å². The monoisotopic (exact) mass is 300 g/mol. The Balaban J connectivity index is 2.22. The Labute approximate surface area is 132 Å². The molecule has 22 heavy (non-hydrogen) atoms. The standard InChI is InChI=1S/C18H24N2O2/c1-14(21)10-16-12-22-9-8-20(16)11-15-6-4-5-7-17(15)18(2,3)13-19/h4-7,16H,8-12H2,1-3H3. The molecule has 1 heterocycles. The Kier molecular flexibility index (Phi) is 5.33. The van der Waals surface area contributed by atoms with Crippen LogP contribution >= 0.6 is 0 Å². The van der Waals surface area contributed by atoms with Crippen LogP contribution < -0.4 is 0 Å². The van der Waals surface area contributed by atoms with Crippen LogP contribution in [0.2, 0.25) is 0 Å². The molecule has 0 N–H and O–H groups in total. The number of carbonyl (C=O) groups excluding carboxylic acids is 1. The van der Waals surface area contributed by atoms with E-state index in [-0.39, 0.29) is 11.8 Å². The third-order valence-corrected chi connectivity index (χ3v) is 4.22. The van der Waals surface area contributed by atoms with E-state index in [2.05, 4.69) is 17.0 Å². The Morgan fingerprint density at radius 3 is 2.86 bits per heavy atom. The fourth-order valence-corrected chi connectivity index (χ4v) is 2.96. The minimum absolute atomic E-state index is 0.129. The van der Waals surface area contributed by atoms with Crippen molar-refractivity contribution in [3.8, 4) is 6.07 Å². The van der Waals surface area contributed by atoms with Gasteiger partial charge in [-0.05, 0) is 31.9 Å². The zero-order chi connectivity index (χ0) is 16.2. The van der Waals surface area contributed by atoms with Crippen molar-refractivity contribution in [1.29, 1.82) is 5.26 Å². The van der Waals surface area contributed by atoms with Gasteiger partial charge in [-0.1, -0.05) is 24.3 Å². The lowest BCUT2D eigenvalue weighted by Gasteiger charge is -2.36. The van der Waals surface area contributed by atoms with Gasteiger partial charge in [0.2, 0.25) is 0 Å². The molecule has 1 fully saturated rings. The first-order valence-corrected chi connectivity index (χ1v) is 7.75. The van der Waals surface area contributed by atoms with Gasteiger partial charge in [-0.3, -0.25) is 9.69 Å². The molecule has 0 amide bonds. The van der Waals surface area contributed by atoms with Crippen LogP contribution in [-0.2, 0) is 21.5 Å². The van der Waals surface area contributed by atoms with Crippen molar-refractivity contribution >= 4 is 5.78 Å². The SMILES string of the molecule is CC(=O)CC1COCCN1Cc1ccccc1C(C)(C)C#N. The number of nitriles is 1. The molecule has 0 aliphatic carbocycles. The normalized spacial score (nSPS) is 19.6. The maximum Gasteiger partial charge on any atom is 0.131 e. The molecule has 0 bridgehead atoms. The summed E-state index contributed by atoms with van der Waals surface area (Å²) < 4.78 is 5.52. The fourth-order valence-electron chi connectivity index (χ4n) is 2.96. The number of benzene rings is 1. The van der Waals surface area contributed by atoms with Crippen LogP contribution in [0.4, 0.5) is 0 Å². The highest BCUT2D eigenvalue weighted by molar-refractivity contribution is 5.76. The summed E-state index contributed by atoms with van der Waals surface area (Å²) in [7, 11) is 0. The molecule has 0 radical (unpaired) electrons. The van der Waals surface area contributed by atoms with Gasteiger partial charge in [-0.2, -0.15) is 5.26 Å². The molecule has 1 atom stereocenters.